The lowest BCUT2D eigenvalue weighted by molar-refractivity contribution is 0.0142. The number of aliphatic hydroxyl groups is 1. The van der Waals surface area contributed by atoms with Crippen LogP contribution in [0, 0.1) is 18.2 Å². The SMILES string of the molecule is COc1cc(F)cc(N2CCC3(CCCC(NC(=O)c4ccnc(C)n4)C3)C2O)c1. The van der Waals surface area contributed by atoms with Crippen LogP contribution in [0.2, 0.25) is 0 Å². The molecule has 1 aliphatic heterocycles. The van der Waals surface area contributed by atoms with Crippen LogP contribution in [-0.2, 0) is 0 Å². The maximum Gasteiger partial charge on any atom is 0.270 e. The van der Waals surface area contributed by atoms with Crippen LogP contribution in [0.15, 0.2) is 30.5 Å². The minimum Gasteiger partial charge on any atom is -0.497 e. The second-order valence-corrected chi connectivity index (χ2v) is 8.28. The van der Waals surface area contributed by atoms with Gasteiger partial charge in [-0.2, -0.15) is 0 Å². The molecule has 2 fully saturated rings. The van der Waals surface area contributed by atoms with E-state index in [-0.39, 0.29) is 17.4 Å². The van der Waals surface area contributed by atoms with Gasteiger partial charge in [0.1, 0.15) is 29.3 Å². The van der Waals surface area contributed by atoms with Crippen molar-refractivity contribution in [1.29, 1.82) is 0 Å². The van der Waals surface area contributed by atoms with E-state index in [0.29, 0.717) is 35.9 Å². The Hall–Kier alpha value is -2.74. The van der Waals surface area contributed by atoms with E-state index in [2.05, 4.69) is 15.3 Å². The summed E-state index contributed by atoms with van der Waals surface area (Å²) in [5, 5.41) is 14.3. The van der Waals surface area contributed by atoms with Gasteiger partial charge in [-0.3, -0.25) is 4.79 Å². The number of hydrogen-bond donors (Lipinski definition) is 2. The molecule has 3 unspecified atom stereocenters. The summed E-state index contributed by atoms with van der Waals surface area (Å²) in [5.41, 5.74) is 0.624. The molecule has 0 radical (unpaired) electrons. The lowest BCUT2D eigenvalue weighted by Gasteiger charge is -2.41. The van der Waals surface area contributed by atoms with Crippen LogP contribution in [0.3, 0.4) is 0 Å². The summed E-state index contributed by atoms with van der Waals surface area (Å²) >= 11 is 0. The number of aromatic nitrogens is 2. The molecule has 2 N–H and O–H groups in total. The number of nitrogens with one attached hydrogen (secondary N) is 1. The van der Waals surface area contributed by atoms with Crippen LogP contribution in [0.1, 0.15) is 48.4 Å². The third kappa shape index (κ3) is 3.96. The van der Waals surface area contributed by atoms with E-state index >= 15 is 0 Å². The zero-order valence-corrected chi connectivity index (χ0v) is 17.3. The minimum absolute atomic E-state index is 0.0434. The number of benzene rings is 1. The smallest absolute Gasteiger partial charge is 0.270 e. The molecular weight excluding hydrogens is 387 g/mol. The number of ether oxygens (including phenoxy) is 1. The molecule has 1 spiro atoms. The van der Waals surface area contributed by atoms with Crippen LogP contribution < -0.4 is 15.0 Å². The summed E-state index contributed by atoms with van der Waals surface area (Å²) < 4.78 is 19.2. The van der Waals surface area contributed by atoms with E-state index < -0.39 is 12.0 Å². The summed E-state index contributed by atoms with van der Waals surface area (Å²) in [5.74, 6) is 0.357. The maximum absolute atomic E-state index is 14.0. The maximum atomic E-state index is 14.0. The fourth-order valence-corrected chi connectivity index (χ4v) is 4.85. The largest absolute Gasteiger partial charge is 0.497 e. The fourth-order valence-electron chi connectivity index (χ4n) is 4.85. The van der Waals surface area contributed by atoms with E-state index in [9.17, 15) is 14.3 Å². The number of anilines is 1. The Labute approximate surface area is 175 Å². The first-order chi connectivity index (χ1) is 14.4. The molecule has 30 heavy (non-hydrogen) atoms. The van der Waals surface area contributed by atoms with Crippen molar-refractivity contribution in [2.24, 2.45) is 5.41 Å². The molecule has 4 rings (SSSR count). The van der Waals surface area contributed by atoms with Crippen molar-refractivity contribution >= 4 is 11.6 Å². The van der Waals surface area contributed by atoms with Gasteiger partial charge in [0.05, 0.1) is 7.11 Å². The van der Waals surface area contributed by atoms with Crippen molar-refractivity contribution in [3.63, 3.8) is 0 Å². The van der Waals surface area contributed by atoms with Crippen molar-refractivity contribution in [3.05, 3.63) is 47.8 Å². The number of carbonyl (C=O) groups is 1. The first kappa shape index (κ1) is 20.5. The van der Waals surface area contributed by atoms with Gasteiger partial charge in [0, 0.05) is 42.0 Å². The average molecular weight is 414 g/mol. The molecular formula is C22H27FN4O3. The number of rotatable bonds is 4. The van der Waals surface area contributed by atoms with E-state index in [4.69, 9.17) is 4.74 Å². The van der Waals surface area contributed by atoms with Gasteiger partial charge in [0.2, 0.25) is 0 Å². The normalized spacial score (nSPS) is 26.1. The molecule has 1 aliphatic carbocycles. The Morgan fingerprint density at radius 1 is 1.37 bits per heavy atom. The number of aryl methyl sites for hydroxylation is 1. The second kappa shape index (κ2) is 8.18. The zero-order chi connectivity index (χ0) is 21.3. The highest BCUT2D eigenvalue weighted by molar-refractivity contribution is 5.92. The van der Waals surface area contributed by atoms with Gasteiger partial charge in [-0.1, -0.05) is 6.42 Å². The quantitative estimate of drug-likeness (QED) is 0.800. The van der Waals surface area contributed by atoms with Crippen LogP contribution in [-0.4, -0.2) is 46.9 Å². The number of methoxy groups -OCH3 is 1. The summed E-state index contributed by atoms with van der Waals surface area (Å²) in [6, 6.07) is 6.04. The molecule has 1 aromatic carbocycles. The fraction of sp³-hybridized carbons (Fsp3) is 0.500. The molecule has 160 valence electrons. The molecule has 0 bridgehead atoms. The van der Waals surface area contributed by atoms with Gasteiger partial charge in [-0.15, -0.1) is 0 Å². The Kier molecular flexibility index (Phi) is 5.60. The number of amides is 1. The topological polar surface area (TPSA) is 87.6 Å². The van der Waals surface area contributed by atoms with Crippen molar-refractivity contribution in [2.75, 3.05) is 18.6 Å². The van der Waals surface area contributed by atoms with Crippen molar-refractivity contribution in [3.8, 4) is 5.75 Å². The highest BCUT2D eigenvalue weighted by Crippen LogP contribution is 2.48. The Morgan fingerprint density at radius 3 is 2.97 bits per heavy atom. The second-order valence-electron chi connectivity index (χ2n) is 8.28. The van der Waals surface area contributed by atoms with Crippen molar-refractivity contribution in [1.82, 2.24) is 15.3 Å². The van der Waals surface area contributed by atoms with E-state index in [1.165, 1.54) is 19.2 Å². The first-order valence-electron chi connectivity index (χ1n) is 10.3. The highest BCUT2D eigenvalue weighted by atomic mass is 19.1. The van der Waals surface area contributed by atoms with Gasteiger partial charge in [-0.25, -0.2) is 14.4 Å². The average Bonchev–Trinajstić information content (AvgIpc) is 3.03. The molecule has 1 saturated carbocycles. The van der Waals surface area contributed by atoms with Gasteiger partial charge < -0.3 is 20.1 Å². The van der Waals surface area contributed by atoms with E-state index in [1.807, 2.05) is 4.90 Å². The number of nitrogens with zero attached hydrogens (tertiary/aromatic N) is 3. The molecule has 8 heteroatoms. The number of halogens is 1. The third-order valence-electron chi connectivity index (χ3n) is 6.34. The Bertz CT molecular complexity index is 940. The highest BCUT2D eigenvalue weighted by Gasteiger charge is 2.49. The van der Waals surface area contributed by atoms with Crippen molar-refractivity contribution in [2.45, 2.75) is 51.3 Å². The lowest BCUT2D eigenvalue weighted by Crippen LogP contribution is -2.48. The molecule has 2 heterocycles. The molecule has 7 nitrogen and oxygen atoms in total. The summed E-state index contributed by atoms with van der Waals surface area (Å²) in [6.07, 6.45) is 4.92. The lowest BCUT2D eigenvalue weighted by atomic mass is 9.70. The van der Waals surface area contributed by atoms with Crippen LogP contribution in [0.25, 0.3) is 0 Å². The van der Waals surface area contributed by atoms with Crippen molar-refractivity contribution < 1.29 is 19.0 Å². The van der Waals surface area contributed by atoms with Gasteiger partial charge >= 0.3 is 0 Å². The monoisotopic (exact) mass is 414 g/mol. The molecule has 1 saturated heterocycles. The first-order valence-corrected chi connectivity index (χ1v) is 10.3. The molecule has 3 atom stereocenters. The number of hydrogen-bond acceptors (Lipinski definition) is 6. The minimum atomic E-state index is -0.745. The molecule has 2 aliphatic rings. The van der Waals surface area contributed by atoms with Gasteiger partial charge in [0.25, 0.3) is 5.91 Å². The molecule has 2 aromatic rings. The van der Waals surface area contributed by atoms with Crippen LogP contribution >= 0.6 is 0 Å². The summed E-state index contributed by atoms with van der Waals surface area (Å²) in [4.78, 5) is 22.7. The Balaban J connectivity index is 1.48. The third-order valence-corrected chi connectivity index (χ3v) is 6.34. The van der Waals surface area contributed by atoms with Gasteiger partial charge in [0.15, 0.2) is 0 Å². The van der Waals surface area contributed by atoms with E-state index in [0.717, 1.165) is 25.7 Å². The van der Waals surface area contributed by atoms with Crippen LogP contribution in [0.4, 0.5) is 10.1 Å². The molecule has 1 amide bonds. The molecule has 1 aromatic heterocycles. The summed E-state index contributed by atoms with van der Waals surface area (Å²) in [6.45, 7) is 2.37. The standard InChI is InChI=1S/C22H27FN4O3/c1-14-24-8-5-19(25-14)20(28)26-16-4-3-6-22(13-16)7-9-27(21(22)29)17-10-15(23)11-18(12-17)30-2/h5,8,10-12,16,21,29H,3-4,6-7,9,13H2,1-2H3,(H,26,28). The van der Waals surface area contributed by atoms with Crippen LogP contribution in [0.5, 0.6) is 5.75 Å². The predicted molar refractivity (Wildman–Crippen MR) is 110 cm³/mol. The van der Waals surface area contributed by atoms with Gasteiger partial charge in [-0.05, 0) is 44.7 Å². The Morgan fingerprint density at radius 2 is 2.20 bits per heavy atom. The number of carbonyl (C=O) groups excluding carboxylic acids is 1. The predicted octanol–water partition coefficient (Wildman–Crippen LogP) is 2.82. The number of aliphatic hydroxyl groups excluding tert-OH is 1. The summed E-state index contributed by atoms with van der Waals surface area (Å²) in [7, 11) is 1.49. The van der Waals surface area contributed by atoms with E-state index in [1.54, 1.807) is 25.3 Å². The zero-order valence-electron chi connectivity index (χ0n) is 17.3.